The zero-order chi connectivity index (χ0) is 42.4. The number of hydrogen-bond acceptors (Lipinski definition) is 9. The molecule has 3 aromatic rings. The number of hydrogen-bond donors (Lipinski definition) is 4. The van der Waals surface area contributed by atoms with Gasteiger partial charge >= 0.3 is 12.2 Å². The average Bonchev–Trinajstić information content (AvgIpc) is 4.08. The summed E-state index contributed by atoms with van der Waals surface area (Å²) >= 11 is 0. The van der Waals surface area contributed by atoms with E-state index >= 15 is 0 Å². The molecule has 316 valence electrons. The topological polar surface area (TPSA) is 195 Å². The number of imidazole rings is 1. The number of nitrogens with zero attached hydrogens (tertiary/aromatic N) is 4. The van der Waals surface area contributed by atoms with Crippen LogP contribution in [0.3, 0.4) is 0 Å². The van der Waals surface area contributed by atoms with Crippen LogP contribution in [-0.2, 0) is 28.7 Å². The number of rotatable bonds is 12. The van der Waals surface area contributed by atoms with Crippen molar-refractivity contribution in [2.75, 3.05) is 39.2 Å². The first kappa shape index (κ1) is 42.7. The molecule has 6 amide bonds. The molecule has 3 aliphatic heterocycles. The highest BCUT2D eigenvalue weighted by molar-refractivity contribution is 5.99. The number of benzene rings is 2. The standard InChI is InChI=1S/C43H56N8O8/c1-25(2)35(47-42(56)58-5)40(54)49-21-7-10-32(49)37-44-24-31(46-37)29-15-13-27(14-16-29)28-17-19-30(20-18-28)45-38(52)33-11-8-22-50(33)39(53)34-12-9-23-51(34)41(55)36(26(3)4)48-43(57)59-6/h13-20,24-26,32-36H,7-12,21-23H2,1-6H3,(H,44,46)(H,45,52)(H,47,56)(H,48,57). The SMILES string of the molecule is COC(=O)NC(C(=O)N1CCCC1C(=O)N1CCCC1C(=O)Nc1ccc(-c2ccc(-c3cnc(C4CCCN4C(=O)C(NC(=O)OC)C(C)C)[nH]3)cc2)cc1)C(C)C. The summed E-state index contributed by atoms with van der Waals surface area (Å²) in [6, 6.07) is 12.4. The van der Waals surface area contributed by atoms with Gasteiger partial charge in [-0.15, -0.1) is 0 Å². The molecule has 2 aromatic carbocycles. The van der Waals surface area contributed by atoms with E-state index in [1.807, 2.05) is 76.2 Å². The lowest BCUT2D eigenvalue weighted by molar-refractivity contribution is -0.147. The Hall–Kier alpha value is -5.93. The summed E-state index contributed by atoms with van der Waals surface area (Å²) in [5.41, 5.74) is 4.27. The average molecular weight is 813 g/mol. The van der Waals surface area contributed by atoms with E-state index in [0.717, 1.165) is 35.2 Å². The molecule has 4 heterocycles. The fourth-order valence-electron chi connectivity index (χ4n) is 8.32. The maximum Gasteiger partial charge on any atom is 0.407 e. The van der Waals surface area contributed by atoms with Crippen molar-refractivity contribution in [2.45, 2.75) is 96.4 Å². The number of ether oxygens (including phenoxy) is 2. The number of methoxy groups -OCH3 is 2. The Kier molecular flexibility index (Phi) is 13.6. The van der Waals surface area contributed by atoms with E-state index in [1.165, 1.54) is 14.2 Å². The van der Waals surface area contributed by atoms with Crippen molar-refractivity contribution >= 4 is 41.5 Å². The third kappa shape index (κ3) is 9.52. The number of alkyl carbamates (subject to hydrolysis) is 2. The quantitative estimate of drug-likeness (QED) is 0.193. The third-order valence-corrected chi connectivity index (χ3v) is 11.6. The summed E-state index contributed by atoms with van der Waals surface area (Å²) in [4.78, 5) is 91.5. The Balaban J connectivity index is 1.06. The highest BCUT2D eigenvalue weighted by Crippen LogP contribution is 2.34. The van der Waals surface area contributed by atoms with Crippen LogP contribution in [0.5, 0.6) is 0 Å². The van der Waals surface area contributed by atoms with Gasteiger partial charge in [0, 0.05) is 25.3 Å². The molecule has 6 rings (SSSR count). The van der Waals surface area contributed by atoms with Gasteiger partial charge < -0.3 is 45.1 Å². The largest absolute Gasteiger partial charge is 0.453 e. The summed E-state index contributed by atoms with van der Waals surface area (Å²) in [6.45, 7) is 8.81. The number of aromatic amines is 1. The monoisotopic (exact) mass is 812 g/mol. The van der Waals surface area contributed by atoms with E-state index in [-0.39, 0.29) is 41.5 Å². The van der Waals surface area contributed by atoms with Crippen molar-refractivity contribution in [3.05, 3.63) is 60.6 Å². The predicted molar refractivity (Wildman–Crippen MR) is 220 cm³/mol. The Morgan fingerprint density at radius 3 is 1.73 bits per heavy atom. The Bertz CT molecular complexity index is 2000. The molecule has 3 saturated heterocycles. The number of likely N-dealkylation sites (tertiary alicyclic amines) is 3. The lowest BCUT2D eigenvalue weighted by Crippen LogP contribution is -2.56. The van der Waals surface area contributed by atoms with Gasteiger partial charge in [0.05, 0.1) is 32.2 Å². The molecular formula is C43H56N8O8. The van der Waals surface area contributed by atoms with Gasteiger partial charge in [-0.05, 0) is 79.2 Å². The molecule has 0 saturated carbocycles. The summed E-state index contributed by atoms with van der Waals surface area (Å²) in [6.07, 6.45) is 4.33. The van der Waals surface area contributed by atoms with Crippen molar-refractivity contribution < 1.29 is 38.2 Å². The molecule has 1 aromatic heterocycles. The number of aromatic nitrogens is 2. The molecule has 5 atom stereocenters. The molecule has 0 aliphatic carbocycles. The second-order valence-electron chi connectivity index (χ2n) is 16.1. The summed E-state index contributed by atoms with van der Waals surface area (Å²) in [7, 11) is 2.51. The first-order chi connectivity index (χ1) is 28.3. The fourth-order valence-corrected chi connectivity index (χ4v) is 8.32. The van der Waals surface area contributed by atoms with Crippen LogP contribution < -0.4 is 16.0 Å². The minimum atomic E-state index is -0.837. The lowest BCUT2D eigenvalue weighted by Gasteiger charge is -2.33. The minimum absolute atomic E-state index is 0.123. The van der Waals surface area contributed by atoms with Gasteiger partial charge in [0.25, 0.3) is 0 Å². The van der Waals surface area contributed by atoms with Gasteiger partial charge in [-0.2, -0.15) is 0 Å². The molecule has 59 heavy (non-hydrogen) atoms. The van der Waals surface area contributed by atoms with Gasteiger partial charge in [0.15, 0.2) is 0 Å². The Labute approximate surface area is 344 Å². The molecule has 4 N–H and O–H groups in total. The molecule has 5 unspecified atom stereocenters. The molecule has 16 nitrogen and oxygen atoms in total. The zero-order valence-electron chi connectivity index (χ0n) is 34.7. The van der Waals surface area contributed by atoms with Crippen LogP contribution in [0.15, 0.2) is 54.7 Å². The highest BCUT2D eigenvalue weighted by atomic mass is 16.5. The molecule has 0 spiro atoms. The van der Waals surface area contributed by atoms with Crippen molar-refractivity contribution in [1.29, 1.82) is 0 Å². The van der Waals surface area contributed by atoms with Crippen molar-refractivity contribution in [3.8, 4) is 22.4 Å². The molecule has 3 aliphatic rings. The summed E-state index contributed by atoms with van der Waals surface area (Å²) in [5.74, 6) is -0.674. The van der Waals surface area contributed by atoms with Crippen molar-refractivity contribution in [3.63, 3.8) is 0 Å². The maximum absolute atomic E-state index is 13.9. The normalized spacial score (nSPS) is 20.1. The Morgan fingerprint density at radius 1 is 0.661 bits per heavy atom. The van der Waals surface area contributed by atoms with Crippen LogP contribution in [0.25, 0.3) is 22.4 Å². The number of carbonyl (C=O) groups is 6. The summed E-state index contributed by atoms with van der Waals surface area (Å²) in [5, 5.41) is 8.27. The number of amides is 6. The van der Waals surface area contributed by atoms with Gasteiger partial charge in [-0.1, -0.05) is 64.1 Å². The highest BCUT2D eigenvalue weighted by Gasteiger charge is 2.44. The van der Waals surface area contributed by atoms with E-state index in [1.54, 1.807) is 20.9 Å². The summed E-state index contributed by atoms with van der Waals surface area (Å²) < 4.78 is 9.46. The minimum Gasteiger partial charge on any atom is -0.453 e. The van der Waals surface area contributed by atoms with E-state index in [0.29, 0.717) is 56.8 Å². The molecule has 16 heteroatoms. The predicted octanol–water partition coefficient (Wildman–Crippen LogP) is 5.09. The maximum atomic E-state index is 13.9. The molecular weight excluding hydrogens is 757 g/mol. The van der Waals surface area contributed by atoms with Crippen LogP contribution >= 0.6 is 0 Å². The number of anilines is 1. The van der Waals surface area contributed by atoms with Crippen molar-refractivity contribution in [1.82, 2.24) is 35.3 Å². The van der Waals surface area contributed by atoms with Crippen LogP contribution in [0, 0.1) is 11.8 Å². The van der Waals surface area contributed by atoms with E-state index in [4.69, 9.17) is 9.47 Å². The van der Waals surface area contributed by atoms with Crippen LogP contribution in [0.2, 0.25) is 0 Å². The molecule has 0 bridgehead atoms. The Morgan fingerprint density at radius 2 is 1.15 bits per heavy atom. The second-order valence-corrected chi connectivity index (χ2v) is 16.1. The smallest absolute Gasteiger partial charge is 0.407 e. The second kappa shape index (κ2) is 18.8. The lowest BCUT2D eigenvalue weighted by atomic mass is 10.0. The van der Waals surface area contributed by atoms with Crippen molar-refractivity contribution in [2.24, 2.45) is 11.8 Å². The molecule has 3 fully saturated rings. The van der Waals surface area contributed by atoms with Crippen LogP contribution in [-0.4, -0.2) is 119 Å². The van der Waals surface area contributed by atoms with Gasteiger partial charge in [-0.25, -0.2) is 14.6 Å². The van der Waals surface area contributed by atoms with Crippen LogP contribution in [0.4, 0.5) is 15.3 Å². The first-order valence-electron chi connectivity index (χ1n) is 20.5. The number of carbonyl (C=O) groups excluding carboxylic acids is 6. The van der Waals surface area contributed by atoms with Gasteiger partial charge in [0.1, 0.15) is 30.0 Å². The number of nitrogens with one attached hydrogen (secondary N) is 4. The van der Waals surface area contributed by atoms with E-state index in [2.05, 4.69) is 25.9 Å². The van der Waals surface area contributed by atoms with E-state index in [9.17, 15) is 28.8 Å². The molecule has 0 radical (unpaired) electrons. The van der Waals surface area contributed by atoms with Gasteiger partial charge in [0.2, 0.25) is 23.6 Å². The zero-order valence-corrected chi connectivity index (χ0v) is 34.7. The first-order valence-corrected chi connectivity index (χ1v) is 20.5. The third-order valence-electron chi connectivity index (χ3n) is 11.6. The fraction of sp³-hybridized carbons (Fsp3) is 0.512. The van der Waals surface area contributed by atoms with Gasteiger partial charge in [-0.3, -0.25) is 19.2 Å². The van der Waals surface area contributed by atoms with E-state index < -0.39 is 36.4 Å². The van der Waals surface area contributed by atoms with Crippen LogP contribution in [0.1, 0.15) is 78.1 Å². The number of H-pyrrole nitrogens is 1.